The average Bonchev–Trinajstić information content (AvgIpc) is 3.49. The van der Waals surface area contributed by atoms with Gasteiger partial charge < -0.3 is 23.8 Å². The minimum atomic E-state index is 0.698. The predicted molar refractivity (Wildman–Crippen MR) is 160 cm³/mol. The quantitative estimate of drug-likeness (QED) is 0.226. The van der Waals surface area contributed by atoms with Crippen LogP contribution in [0.25, 0.3) is 22.4 Å². The van der Waals surface area contributed by atoms with Gasteiger partial charge in [0.25, 0.3) is 0 Å². The molecule has 0 atom stereocenters. The number of fused-ring (bicyclic) bond motifs is 2. The minimum absolute atomic E-state index is 0.698. The van der Waals surface area contributed by atoms with Crippen molar-refractivity contribution < 1.29 is 9.47 Å². The van der Waals surface area contributed by atoms with Crippen LogP contribution in [0.4, 0.5) is 5.69 Å². The molecule has 0 unspecified atom stereocenters. The second-order valence-corrected chi connectivity index (χ2v) is 10.8. The van der Waals surface area contributed by atoms with Crippen molar-refractivity contribution in [3.05, 3.63) is 71.8 Å². The summed E-state index contributed by atoms with van der Waals surface area (Å²) in [4.78, 5) is 14.2. The monoisotopic (exact) mass is 525 g/mol. The fraction of sp³-hybridized carbons (Fsp3) is 0.375. The van der Waals surface area contributed by atoms with E-state index in [9.17, 15) is 0 Å². The number of aliphatic imine (C=N–C) groups is 1. The lowest BCUT2D eigenvalue weighted by molar-refractivity contribution is 0.281. The van der Waals surface area contributed by atoms with E-state index < -0.39 is 0 Å². The van der Waals surface area contributed by atoms with E-state index >= 15 is 0 Å². The standard InChI is InChI=1S/C32H39N5O2/c1-35(2)16-6-18-38-26-13-12-25-20-28(33-29(25)21-26)23-8-10-24(11-9-23)32-34-30-22-27(14-15-31(30)37(32)5)39-19-7-17-36(3)4/h8-15,21-22H,6-7,16-20H2,1-5H3. The summed E-state index contributed by atoms with van der Waals surface area (Å²) in [5, 5.41) is 0. The molecule has 0 radical (unpaired) electrons. The van der Waals surface area contributed by atoms with Gasteiger partial charge in [-0.05, 0) is 70.4 Å². The largest absolute Gasteiger partial charge is 0.493 e. The number of aromatic nitrogens is 2. The molecule has 204 valence electrons. The highest BCUT2D eigenvalue weighted by molar-refractivity contribution is 6.06. The van der Waals surface area contributed by atoms with Gasteiger partial charge >= 0.3 is 0 Å². The van der Waals surface area contributed by atoms with Gasteiger partial charge in [0, 0.05) is 44.3 Å². The highest BCUT2D eigenvalue weighted by atomic mass is 16.5. The molecule has 4 aromatic rings. The van der Waals surface area contributed by atoms with Crippen LogP contribution in [0.15, 0.2) is 65.7 Å². The molecule has 3 aromatic carbocycles. The molecule has 0 saturated heterocycles. The molecule has 1 aromatic heterocycles. The van der Waals surface area contributed by atoms with Crippen molar-refractivity contribution in [1.29, 1.82) is 0 Å². The van der Waals surface area contributed by atoms with Gasteiger partial charge in [-0.2, -0.15) is 0 Å². The van der Waals surface area contributed by atoms with Crippen molar-refractivity contribution in [2.75, 3.05) is 54.5 Å². The number of ether oxygens (including phenoxy) is 2. The summed E-state index contributed by atoms with van der Waals surface area (Å²) in [5.74, 6) is 2.69. The Balaban J connectivity index is 1.26. The predicted octanol–water partition coefficient (Wildman–Crippen LogP) is 5.58. The third-order valence-corrected chi connectivity index (χ3v) is 7.04. The second kappa shape index (κ2) is 12.0. The van der Waals surface area contributed by atoms with E-state index in [1.54, 1.807) is 0 Å². The lowest BCUT2D eigenvalue weighted by Crippen LogP contribution is -2.15. The highest BCUT2D eigenvalue weighted by Gasteiger charge is 2.18. The second-order valence-electron chi connectivity index (χ2n) is 10.8. The van der Waals surface area contributed by atoms with E-state index in [4.69, 9.17) is 19.5 Å². The first-order valence-corrected chi connectivity index (χ1v) is 13.7. The van der Waals surface area contributed by atoms with Gasteiger partial charge in [0.2, 0.25) is 0 Å². The Morgan fingerprint density at radius 3 is 2.05 bits per heavy atom. The summed E-state index contributed by atoms with van der Waals surface area (Å²) in [6.07, 6.45) is 2.83. The molecular weight excluding hydrogens is 486 g/mol. The topological polar surface area (TPSA) is 55.1 Å². The number of imidazole rings is 1. The lowest BCUT2D eigenvalue weighted by atomic mass is 10.0. The molecule has 0 N–H and O–H groups in total. The summed E-state index contributed by atoms with van der Waals surface area (Å²) in [7, 11) is 10.4. The number of hydrogen-bond donors (Lipinski definition) is 0. The van der Waals surface area contributed by atoms with Crippen LogP contribution in [0.3, 0.4) is 0 Å². The Hall–Kier alpha value is -3.68. The molecule has 2 heterocycles. The Morgan fingerprint density at radius 2 is 1.38 bits per heavy atom. The number of benzene rings is 3. The van der Waals surface area contributed by atoms with Crippen LogP contribution >= 0.6 is 0 Å². The highest BCUT2D eigenvalue weighted by Crippen LogP contribution is 2.33. The molecule has 0 amide bonds. The maximum absolute atomic E-state index is 5.96. The summed E-state index contributed by atoms with van der Waals surface area (Å²) < 4.78 is 14.1. The number of rotatable bonds is 12. The number of nitrogens with zero attached hydrogens (tertiary/aromatic N) is 5. The van der Waals surface area contributed by atoms with E-state index in [0.717, 1.165) is 83.2 Å². The number of aryl methyl sites for hydroxylation is 1. The van der Waals surface area contributed by atoms with Gasteiger partial charge in [-0.1, -0.05) is 30.3 Å². The fourth-order valence-corrected chi connectivity index (χ4v) is 4.90. The van der Waals surface area contributed by atoms with Gasteiger partial charge in [-0.15, -0.1) is 0 Å². The van der Waals surface area contributed by atoms with E-state index in [-0.39, 0.29) is 0 Å². The lowest BCUT2D eigenvalue weighted by Gasteiger charge is -2.10. The maximum Gasteiger partial charge on any atom is 0.140 e. The molecule has 1 aliphatic heterocycles. The van der Waals surface area contributed by atoms with Gasteiger partial charge in [0.15, 0.2) is 0 Å². The SMILES string of the molecule is CN(C)CCCOc1ccc2c(c1)N=C(c1ccc(-c3nc4cc(OCCCN(C)C)ccc4n3C)cc1)C2. The van der Waals surface area contributed by atoms with Gasteiger partial charge in [0.05, 0.1) is 35.6 Å². The smallest absolute Gasteiger partial charge is 0.140 e. The minimum Gasteiger partial charge on any atom is -0.493 e. The van der Waals surface area contributed by atoms with Crippen molar-refractivity contribution in [2.24, 2.45) is 12.0 Å². The van der Waals surface area contributed by atoms with E-state index in [2.05, 4.69) is 98.1 Å². The van der Waals surface area contributed by atoms with E-state index in [1.807, 2.05) is 12.1 Å². The third kappa shape index (κ3) is 6.49. The van der Waals surface area contributed by atoms with Gasteiger partial charge in [-0.25, -0.2) is 4.98 Å². The maximum atomic E-state index is 5.96. The Bertz CT molecular complexity index is 1450. The van der Waals surface area contributed by atoms with Gasteiger partial charge in [-0.3, -0.25) is 4.99 Å². The molecule has 0 spiro atoms. The summed E-state index contributed by atoms with van der Waals surface area (Å²) in [6.45, 7) is 3.44. The third-order valence-electron chi connectivity index (χ3n) is 7.04. The number of hydrogen-bond acceptors (Lipinski definition) is 6. The molecule has 0 fully saturated rings. The van der Waals surface area contributed by atoms with Gasteiger partial charge in [0.1, 0.15) is 17.3 Å². The van der Waals surface area contributed by atoms with Crippen LogP contribution < -0.4 is 9.47 Å². The first-order chi connectivity index (χ1) is 18.9. The zero-order valence-electron chi connectivity index (χ0n) is 23.8. The van der Waals surface area contributed by atoms with Crippen LogP contribution in [-0.4, -0.2) is 79.6 Å². The van der Waals surface area contributed by atoms with Crippen LogP contribution in [0, 0.1) is 0 Å². The van der Waals surface area contributed by atoms with Crippen LogP contribution in [-0.2, 0) is 13.5 Å². The Labute approximate surface area is 231 Å². The molecule has 7 nitrogen and oxygen atoms in total. The fourth-order valence-electron chi connectivity index (χ4n) is 4.90. The summed E-state index contributed by atoms with van der Waals surface area (Å²) in [6, 6.07) is 21.0. The van der Waals surface area contributed by atoms with Crippen molar-refractivity contribution in [2.45, 2.75) is 19.3 Å². The van der Waals surface area contributed by atoms with Crippen molar-refractivity contribution in [3.8, 4) is 22.9 Å². The molecule has 5 rings (SSSR count). The molecule has 0 bridgehead atoms. The molecular formula is C32H39N5O2. The Kier molecular flexibility index (Phi) is 8.29. The normalized spacial score (nSPS) is 12.8. The van der Waals surface area contributed by atoms with Crippen LogP contribution in [0.1, 0.15) is 24.0 Å². The molecule has 0 saturated carbocycles. The van der Waals surface area contributed by atoms with Crippen molar-refractivity contribution >= 4 is 22.4 Å². The van der Waals surface area contributed by atoms with Crippen molar-refractivity contribution in [3.63, 3.8) is 0 Å². The Morgan fingerprint density at radius 1 is 0.769 bits per heavy atom. The molecule has 1 aliphatic rings. The average molecular weight is 526 g/mol. The van der Waals surface area contributed by atoms with E-state index in [1.165, 1.54) is 5.56 Å². The molecule has 0 aliphatic carbocycles. The zero-order chi connectivity index (χ0) is 27.4. The first kappa shape index (κ1) is 26.9. The van der Waals surface area contributed by atoms with Crippen LogP contribution in [0.5, 0.6) is 11.5 Å². The zero-order valence-corrected chi connectivity index (χ0v) is 23.8. The molecule has 39 heavy (non-hydrogen) atoms. The first-order valence-electron chi connectivity index (χ1n) is 13.7. The van der Waals surface area contributed by atoms with E-state index in [0.29, 0.717) is 13.2 Å². The summed E-state index contributed by atoms with van der Waals surface area (Å²) >= 11 is 0. The van der Waals surface area contributed by atoms with Crippen molar-refractivity contribution in [1.82, 2.24) is 19.4 Å². The molecule has 7 heteroatoms. The van der Waals surface area contributed by atoms with Crippen LogP contribution in [0.2, 0.25) is 0 Å². The summed E-state index contributed by atoms with van der Waals surface area (Å²) in [5.41, 5.74) is 7.58.